The van der Waals surface area contributed by atoms with E-state index in [1.165, 1.54) is 29.5 Å². The molecule has 0 spiro atoms. The van der Waals surface area contributed by atoms with E-state index in [4.69, 9.17) is 5.73 Å². The molecule has 0 bridgehead atoms. The highest BCUT2D eigenvalue weighted by molar-refractivity contribution is 7.09. The van der Waals surface area contributed by atoms with E-state index in [1.807, 2.05) is 50.7 Å². The second-order valence-corrected chi connectivity index (χ2v) is 9.99. The lowest BCUT2D eigenvalue weighted by molar-refractivity contribution is 0.102. The van der Waals surface area contributed by atoms with E-state index in [0.717, 1.165) is 23.7 Å². The van der Waals surface area contributed by atoms with Crippen molar-refractivity contribution >= 4 is 28.6 Å². The predicted molar refractivity (Wildman–Crippen MR) is 151 cm³/mol. The van der Waals surface area contributed by atoms with Crippen LogP contribution in [0.4, 0.5) is 15.8 Å². The van der Waals surface area contributed by atoms with Gasteiger partial charge in [0.2, 0.25) is 0 Å². The van der Waals surface area contributed by atoms with Crippen LogP contribution in [-0.2, 0) is 5.41 Å². The van der Waals surface area contributed by atoms with Crippen LogP contribution in [0.15, 0.2) is 60.2 Å². The van der Waals surface area contributed by atoms with Crippen LogP contribution in [0.2, 0.25) is 0 Å². The number of benzene rings is 2. The molecule has 37 heavy (non-hydrogen) atoms. The van der Waals surface area contributed by atoms with Gasteiger partial charge in [0, 0.05) is 40.5 Å². The molecule has 0 saturated heterocycles. The first-order valence-electron chi connectivity index (χ1n) is 12.6. The van der Waals surface area contributed by atoms with Crippen LogP contribution in [0.1, 0.15) is 79.0 Å². The van der Waals surface area contributed by atoms with E-state index in [-0.39, 0.29) is 17.0 Å². The Morgan fingerprint density at radius 3 is 2.27 bits per heavy atom. The van der Waals surface area contributed by atoms with Crippen LogP contribution in [0.3, 0.4) is 0 Å². The number of amides is 1. The standard InChI is InChI=1S/C19H16FN3OS.C8H14N2.C2H6/c20-14-5-6-15(21)16(11-14)23-17(24)12-1-3-13(4-2-12)19(7-8-19)18-22-9-10-25-18;1-6(2)10-7(3)5-9-8(10)4;1-2/h1-6,9-11H,7-8,21H2,(H,23,24);5-6H,1-4H3;1-2H3. The molecule has 2 aromatic heterocycles. The zero-order valence-corrected chi connectivity index (χ0v) is 23.2. The number of aryl methyl sites for hydroxylation is 2. The van der Waals surface area contributed by atoms with Gasteiger partial charge in [0.05, 0.1) is 11.4 Å². The van der Waals surface area contributed by atoms with E-state index in [1.54, 1.807) is 23.5 Å². The summed E-state index contributed by atoms with van der Waals surface area (Å²) in [5.74, 6) is 0.342. The molecule has 4 aromatic rings. The Morgan fingerprint density at radius 1 is 1.11 bits per heavy atom. The molecule has 0 radical (unpaired) electrons. The van der Waals surface area contributed by atoms with Crippen molar-refractivity contribution in [2.24, 2.45) is 0 Å². The van der Waals surface area contributed by atoms with Gasteiger partial charge in [-0.3, -0.25) is 4.79 Å². The van der Waals surface area contributed by atoms with E-state index in [2.05, 4.69) is 40.6 Å². The van der Waals surface area contributed by atoms with Gasteiger partial charge in [-0.15, -0.1) is 11.3 Å². The van der Waals surface area contributed by atoms with Crippen molar-refractivity contribution in [1.29, 1.82) is 0 Å². The van der Waals surface area contributed by atoms with Crippen molar-refractivity contribution in [1.82, 2.24) is 14.5 Å². The van der Waals surface area contributed by atoms with Gasteiger partial charge >= 0.3 is 0 Å². The summed E-state index contributed by atoms with van der Waals surface area (Å²) in [6.07, 6.45) is 5.89. The zero-order valence-electron chi connectivity index (χ0n) is 22.4. The average Bonchev–Trinajstić information content (AvgIpc) is 3.35. The molecule has 196 valence electrons. The van der Waals surface area contributed by atoms with Crippen LogP contribution < -0.4 is 11.1 Å². The number of aromatic nitrogens is 3. The fraction of sp³-hybridized carbons (Fsp3) is 0.345. The van der Waals surface area contributed by atoms with E-state index in [9.17, 15) is 9.18 Å². The molecular weight excluding hydrogens is 485 g/mol. The quantitative estimate of drug-likeness (QED) is 0.270. The van der Waals surface area contributed by atoms with Gasteiger partial charge in [-0.05, 0) is 76.4 Å². The maximum Gasteiger partial charge on any atom is 0.255 e. The molecule has 1 amide bonds. The number of nitrogens with two attached hydrogens (primary N) is 1. The fourth-order valence-corrected chi connectivity index (χ4v) is 5.25. The van der Waals surface area contributed by atoms with Crippen molar-refractivity contribution in [3.8, 4) is 0 Å². The second kappa shape index (κ2) is 12.1. The first-order chi connectivity index (χ1) is 17.7. The van der Waals surface area contributed by atoms with E-state index < -0.39 is 5.82 Å². The largest absolute Gasteiger partial charge is 0.397 e. The first-order valence-corrected chi connectivity index (χ1v) is 13.5. The van der Waals surface area contributed by atoms with Gasteiger partial charge < -0.3 is 15.6 Å². The number of carbonyl (C=O) groups is 1. The first kappa shape index (κ1) is 28.1. The molecule has 5 rings (SSSR count). The smallest absolute Gasteiger partial charge is 0.255 e. The van der Waals surface area contributed by atoms with Crippen LogP contribution in [0.5, 0.6) is 0 Å². The van der Waals surface area contributed by atoms with Crippen molar-refractivity contribution in [2.75, 3.05) is 11.1 Å². The Hall–Kier alpha value is -3.52. The fourth-order valence-electron chi connectivity index (χ4n) is 4.33. The van der Waals surface area contributed by atoms with Crippen molar-refractivity contribution in [3.63, 3.8) is 0 Å². The maximum atomic E-state index is 13.3. The van der Waals surface area contributed by atoms with Crippen LogP contribution >= 0.6 is 11.3 Å². The number of nitrogen functional groups attached to an aromatic ring is 1. The number of nitrogens with zero attached hydrogens (tertiary/aromatic N) is 3. The number of halogens is 1. The highest BCUT2D eigenvalue weighted by atomic mass is 32.1. The highest BCUT2D eigenvalue weighted by Crippen LogP contribution is 2.54. The van der Waals surface area contributed by atoms with Crippen LogP contribution in [0, 0.1) is 19.7 Å². The SMILES string of the molecule is CC.Cc1cnc(C)n1C(C)C.Nc1ccc(F)cc1NC(=O)c1ccc(C2(c3nccs3)CC2)cc1. The van der Waals surface area contributed by atoms with Crippen LogP contribution in [-0.4, -0.2) is 20.4 Å². The second-order valence-electron chi connectivity index (χ2n) is 9.09. The number of nitrogens with one attached hydrogen (secondary N) is 1. The molecule has 1 fully saturated rings. The van der Waals surface area contributed by atoms with Gasteiger partial charge in [-0.1, -0.05) is 26.0 Å². The van der Waals surface area contributed by atoms with Crippen molar-refractivity contribution in [2.45, 2.75) is 65.8 Å². The van der Waals surface area contributed by atoms with E-state index in [0.29, 0.717) is 17.3 Å². The van der Waals surface area contributed by atoms with Gasteiger partial charge in [0.1, 0.15) is 16.6 Å². The predicted octanol–water partition coefficient (Wildman–Crippen LogP) is 7.30. The Balaban J connectivity index is 0.000000266. The summed E-state index contributed by atoms with van der Waals surface area (Å²) in [7, 11) is 0. The minimum atomic E-state index is -0.445. The lowest BCUT2D eigenvalue weighted by atomic mass is 9.95. The topological polar surface area (TPSA) is 85.8 Å². The molecular formula is C29H36FN5OS. The molecule has 1 saturated carbocycles. The number of carbonyl (C=O) groups excluding carboxylic acids is 1. The summed E-state index contributed by atoms with van der Waals surface area (Å²) in [5, 5.41) is 5.76. The minimum absolute atomic E-state index is 0.0101. The Kier molecular flexibility index (Phi) is 9.21. The number of thiazole rings is 1. The maximum absolute atomic E-state index is 13.3. The molecule has 8 heteroatoms. The minimum Gasteiger partial charge on any atom is -0.397 e. The summed E-state index contributed by atoms with van der Waals surface area (Å²) in [4.78, 5) is 21.0. The van der Waals surface area contributed by atoms with Crippen molar-refractivity contribution in [3.05, 3.63) is 93.7 Å². The number of rotatable bonds is 5. The molecule has 2 heterocycles. The van der Waals surface area contributed by atoms with E-state index >= 15 is 0 Å². The third-order valence-corrected chi connectivity index (χ3v) is 7.22. The van der Waals surface area contributed by atoms with Gasteiger partial charge in [-0.25, -0.2) is 14.4 Å². The Bertz CT molecular complexity index is 1290. The molecule has 0 aliphatic heterocycles. The van der Waals surface area contributed by atoms with Gasteiger partial charge in [0.15, 0.2) is 0 Å². The summed E-state index contributed by atoms with van der Waals surface area (Å²) in [6, 6.07) is 11.9. The molecule has 1 aliphatic rings. The molecule has 3 N–H and O–H groups in total. The average molecular weight is 522 g/mol. The number of hydrogen-bond acceptors (Lipinski definition) is 5. The summed E-state index contributed by atoms with van der Waals surface area (Å²) < 4.78 is 15.5. The number of imidazole rings is 1. The molecule has 0 atom stereocenters. The summed E-state index contributed by atoms with van der Waals surface area (Å²) >= 11 is 1.66. The van der Waals surface area contributed by atoms with Crippen molar-refractivity contribution < 1.29 is 9.18 Å². The lowest BCUT2D eigenvalue weighted by Crippen LogP contribution is -2.14. The number of hydrogen-bond donors (Lipinski definition) is 2. The molecule has 6 nitrogen and oxygen atoms in total. The van der Waals surface area contributed by atoms with Gasteiger partial charge in [-0.2, -0.15) is 0 Å². The third kappa shape index (κ3) is 6.43. The molecule has 1 aliphatic carbocycles. The molecule has 0 unspecified atom stereocenters. The molecule has 2 aromatic carbocycles. The monoisotopic (exact) mass is 521 g/mol. The number of anilines is 2. The normalized spacial score (nSPS) is 13.2. The Labute approximate surface area is 222 Å². The van der Waals surface area contributed by atoms with Gasteiger partial charge in [0.25, 0.3) is 5.91 Å². The highest BCUT2D eigenvalue weighted by Gasteiger charge is 2.48. The van der Waals surface area contributed by atoms with Crippen LogP contribution in [0.25, 0.3) is 0 Å². The Morgan fingerprint density at radius 2 is 1.78 bits per heavy atom. The zero-order chi connectivity index (χ0) is 27.2. The summed E-state index contributed by atoms with van der Waals surface area (Å²) in [6.45, 7) is 12.5. The third-order valence-electron chi connectivity index (χ3n) is 6.24. The summed E-state index contributed by atoms with van der Waals surface area (Å²) in [5.41, 5.74) is 9.30. The lowest BCUT2D eigenvalue weighted by Gasteiger charge is -2.13.